The first-order valence-corrected chi connectivity index (χ1v) is 12.9. The summed E-state index contributed by atoms with van der Waals surface area (Å²) < 4.78 is 33.8. The van der Waals surface area contributed by atoms with Crippen LogP contribution in [0.3, 0.4) is 0 Å². The number of pyridine rings is 1. The second kappa shape index (κ2) is 10.8. The summed E-state index contributed by atoms with van der Waals surface area (Å²) in [6.07, 6.45) is 5.35. The Labute approximate surface area is 200 Å². The summed E-state index contributed by atoms with van der Waals surface area (Å²) in [6.45, 7) is 0.940. The highest BCUT2D eigenvalue weighted by atomic mass is 32.2. The number of methoxy groups -OCH3 is 1. The summed E-state index contributed by atoms with van der Waals surface area (Å²) in [7, 11) is -2.37. The van der Waals surface area contributed by atoms with Crippen molar-refractivity contribution in [1.82, 2.24) is 14.6 Å². The molecule has 1 aliphatic heterocycles. The molecule has 0 bridgehead atoms. The van der Waals surface area contributed by atoms with Crippen LogP contribution in [0.15, 0.2) is 77.8 Å². The summed E-state index contributed by atoms with van der Waals surface area (Å²) in [4.78, 5) is 17.8. The van der Waals surface area contributed by atoms with E-state index in [9.17, 15) is 13.2 Å². The molecular weight excluding hydrogens is 450 g/mol. The zero-order valence-electron chi connectivity index (χ0n) is 19.2. The van der Waals surface area contributed by atoms with Crippen LogP contribution in [0.1, 0.15) is 53.3 Å². The minimum absolute atomic E-state index is 0.0126. The molecule has 3 aromatic rings. The first-order chi connectivity index (χ1) is 16.5. The van der Waals surface area contributed by atoms with E-state index in [0.717, 1.165) is 31.2 Å². The highest BCUT2D eigenvalue weighted by Gasteiger charge is 2.29. The van der Waals surface area contributed by atoms with Crippen LogP contribution >= 0.6 is 0 Å². The lowest BCUT2D eigenvalue weighted by molar-refractivity contribution is 0.0942. The van der Waals surface area contributed by atoms with Crippen LogP contribution in [0.25, 0.3) is 0 Å². The number of hydrogen-bond donors (Lipinski definition) is 1. The van der Waals surface area contributed by atoms with Gasteiger partial charge in [0, 0.05) is 24.8 Å². The van der Waals surface area contributed by atoms with Gasteiger partial charge in [-0.05, 0) is 48.7 Å². The lowest BCUT2D eigenvalue weighted by atomic mass is 10.0. The molecule has 0 radical (unpaired) electrons. The topological polar surface area (TPSA) is 88.6 Å². The van der Waals surface area contributed by atoms with Gasteiger partial charge in [-0.15, -0.1) is 0 Å². The van der Waals surface area contributed by atoms with Crippen LogP contribution in [0.2, 0.25) is 0 Å². The maximum absolute atomic E-state index is 13.5. The molecule has 2 heterocycles. The smallest absolute Gasteiger partial charge is 0.252 e. The molecule has 2 aromatic carbocycles. The molecular formula is C26H29N3O4S. The van der Waals surface area contributed by atoms with Crippen LogP contribution in [-0.2, 0) is 10.0 Å². The van der Waals surface area contributed by atoms with Gasteiger partial charge in [0.2, 0.25) is 10.0 Å². The highest BCUT2D eigenvalue weighted by Crippen LogP contribution is 2.30. The molecule has 7 nitrogen and oxygen atoms in total. The van der Waals surface area contributed by atoms with E-state index in [1.165, 1.54) is 23.5 Å². The van der Waals surface area contributed by atoms with Gasteiger partial charge in [-0.1, -0.05) is 49.2 Å². The molecule has 178 valence electrons. The van der Waals surface area contributed by atoms with Crippen molar-refractivity contribution in [2.24, 2.45) is 0 Å². The third-order valence-corrected chi connectivity index (χ3v) is 7.92. The zero-order valence-corrected chi connectivity index (χ0v) is 20.0. The Morgan fingerprint density at radius 1 is 0.971 bits per heavy atom. The molecule has 1 amide bonds. The number of ether oxygens (including phenoxy) is 1. The number of sulfonamides is 1. The van der Waals surface area contributed by atoms with Crippen molar-refractivity contribution in [2.75, 3.05) is 20.2 Å². The fourth-order valence-corrected chi connectivity index (χ4v) is 5.87. The van der Waals surface area contributed by atoms with Crippen LogP contribution in [0.4, 0.5) is 0 Å². The third-order valence-electron chi connectivity index (χ3n) is 6.00. The van der Waals surface area contributed by atoms with Crippen molar-refractivity contribution in [1.29, 1.82) is 0 Å². The van der Waals surface area contributed by atoms with E-state index < -0.39 is 22.0 Å². The number of benzene rings is 2. The van der Waals surface area contributed by atoms with Gasteiger partial charge >= 0.3 is 0 Å². The largest absolute Gasteiger partial charge is 0.495 e. The number of amides is 1. The average Bonchev–Trinajstić information content (AvgIpc) is 3.18. The molecule has 1 N–H and O–H groups in total. The first-order valence-electron chi connectivity index (χ1n) is 11.5. The predicted molar refractivity (Wildman–Crippen MR) is 130 cm³/mol. The van der Waals surface area contributed by atoms with E-state index >= 15 is 0 Å². The molecule has 0 saturated carbocycles. The Kier molecular flexibility index (Phi) is 7.59. The van der Waals surface area contributed by atoms with Crippen molar-refractivity contribution in [3.63, 3.8) is 0 Å². The summed E-state index contributed by atoms with van der Waals surface area (Å²) >= 11 is 0. The van der Waals surface area contributed by atoms with Crippen molar-refractivity contribution in [3.8, 4) is 5.75 Å². The minimum Gasteiger partial charge on any atom is -0.495 e. The van der Waals surface area contributed by atoms with Gasteiger partial charge < -0.3 is 10.1 Å². The highest BCUT2D eigenvalue weighted by molar-refractivity contribution is 7.89. The van der Waals surface area contributed by atoms with Gasteiger partial charge in [-0.3, -0.25) is 9.78 Å². The molecule has 1 aromatic heterocycles. The number of nitrogens with zero attached hydrogens (tertiary/aromatic N) is 2. The molecule has 1 unspecified atom stereocenters. The third kappa shape index (κ3) is 5.29. The number of aromatic nitrogens is 1. The second-order valence-electron chi connectivity index (χ2n) is 8.26. The molecule has 1 atom stereocenters. The number of carbonyl (C=O) groups is 1. The lowest BCUT2D eigenvalue weighted by Crippen LogP contribution is -2.33. The minimum atomic E-state index is -3.80. The van der Waals surface area contributed by atoms with Gasteiger partial charge in [0.1, 0.15) is 10.6 Å². The lowest BCUT2D eigenvalue weighted by Gasteiger charge is -2.22. The van der Waals surface area contributed by atoms with Gasteiger partial charge in [0.15, 0.2) is 0 Å². The van der Waals surface area contributed by atoms with E-state index in [4.69, 9.17) is 4.74 Å². The fourth-order valence-electron chi connectivity index (χ4n) is 4.18. The number of hydrogen-bond acceptors (Lipinski definition) is 5. The molecule has 4 rings (SSSR count). The van der Waals surface area contributed by atoms with Crippen molar-refractivity contribution >= 4 is 15.9 Å². The standard InChI is InChI=1S/C26H29N3O4S/c1-33-23-15-14-21(19-24(23)34(31,32)29-17-9-2-3-10-18-29)26(30)28-25(20-11-5-4-6-12-20)22-13-7-8-16-27-22/h4-8,11-16,19,25H,2-3,9-10,17-18H2,1H3,(H,28,30). The molecule has 0 spiro atoms. The van der Waals surface area contributed by atoms with Gasteiger partial charge in [0.25, 0.3) is 5.91 Å². The Morgan fingerprint density at radius 2 is 1.68 bits per heavy atom. The Morgan fingerprint density at radius 3 is 2.32 bits per heavy atom. The zero-order chi connectivity index (χ0) is 24.0. The van der Waals surface area contributed by atoms with E-state index in [1.807, 2.05) is 48.5 Å². The van der Waals surface area contributed by atoms with Crippen LogP contribution in [0, 0.1) is 0 Å². The quantitative estimate of drug-likeness (QED) is 0.549. The molecule has 8 heteroatoms. The van der Waals surface area contributed by atoms with E-state index in [-0.39, 0.29) is 16.2 Å². The first kappa shape index (κ1) is 23.9. The second-order valence-corrected chi connectivity index (χ2v) is 10.2. The van der Waals surface area contributed by atoms with E-state index in [1.54, 1.807) is 12.3 Å². The molecule has 1 aliphatic rings. The monoisotopic (exact) mass is 479 g/mol. The maximum Gasteiger partial charge on any atom is 0.252 e. The normalized spacial score (nSPS) is 15.8. The summed E-state index contributed by atoms with van der Waals surface area (Å²) in [6, 6.07) is 19.1. The van der Waals surface area contributed by atoms with Crippen LogP contribution in [0.5, 0.6) is 5.75 Å². The number of rotatable bonds is 7. The van der Waals surface area contributed by atoms with Crippen LogP contribution < -0.4 is 10.1 Å². The van der Waals surface area contributed by atoms with Crippen LogP contribution in [-0.4, -0.2) is 43.8 Å². The predicted octanol–water partition coefficient (Wildman–Crippen LogP) is 4.17. The summed E-state index contributed by atoms with van der Waals surface area (Å²) in [5.74, 6) is -0.167. The average molecular weight is 480 g/mol. The van der Waals surface area contributed by atoms with Crippen molar-refractivity contribution < 1.29 is 17.9 Å². The van der Waals surface area contributed by atoms with E-state index in [2.05, 4.69) is 10.3 Å². The summed E-state index contributed by atoms with van der Waals surface area (Å²) in [5.41, 5.74) is 1.81. The number of nitrogens with one attached hydrogen (secondary N) is 1. The van der Waals surface area contributed by atoms with E-state index in [0.29, 0.717) is 18.8 Å². The molecule has 0 aliphatic carbocycles. The Bertz CT molecular complexity index is 1170. The van der Waals surface area contributed by atoms with Gasteiger partial charge in [-0.2, -0.15) is 4.31 Å². The SMILES string of the molecule is COc1ccc(C(=O)NC(c2ccccc2)c2ccccn2)cc1S(=O)(=O)N1CCCCCC1. The fraction of sp³-hybridized carbons (Fsp3) is 0.308. The van der Waals surface area contributed by atoms with Gasteiger partial charge in [0.05, 0.1) is 18.8 Å². The maximum atomic E-state index is 13.5. The Balaban J connectivity index is 1.67. The molecule has 1 saturated heterocycles. The molecule has 1 fully saturated rings. The summed E-state index contributed by atoms with van der Waals surface area (Å²) in [5, 5.41) is 3.02. The molecule has 34 heavy (non-hydrogen) atoms. The van der Waals surface area contributed by atoms with Crippen molar-refractivity contribution in [2.45, 2.75) is 36.6 Å². The number of carbonyl (C=O) groups excluding carboxylic acids is 1. The van der Waals surface area contributed by atoms with Gasteiger partial charge in [-0.25, -0.2) is 8.42 Å². The Hall–Kier alpha value is -3.23. The van der Waals surface area contributed by atoms with Crippen molar-refractivity contribution in [3.05, 3.63) is 89.7 Å².